The van der Waals surface area contributed by atoms with Crippen molar-refractivity contribution in [1.29, 1.82) is 0 Å². The first-order valence-electron chi connectivity index (χ1n) is 5.41. The Bertz CT molecular complexity index is 317. The largest absolute Gasteiger partial charge is 0.300 e. The third kappa shape index (κ3) is 2.69. The van der Waals surface area contributed by atoms with Crippen molar-refractivity contribution >= 4 is 9.84 Å². The summed E-state index contributed by atoms with van der Waals surface area (Å²) in [5.41, 5.74) is 0. The average molecular weight is 234 g/mol. The lowest BCUT2D eigenvalue weighted by molar-refractivity contribution is -0.0109. The molecule has 0 spiro atoms. The van der Waals surface area contributed by atoms with E-state index in [1.807, 2.05) is 0 Å². The Balaban J connectivity index is 1.94. The lowest BCUT2D eigenvalue weighted by atomic mass is 10.1. The first-order chi connectivity index (χ1) is 7.11. The summed E-state index contributed by atoms with van der Waals surface area (Å²) in [7, 11) is -2.78. The summed E-state index contributed by atoms with van der Waals surface area (Å²) in [4.78, 5) is 7.06. The van der Waals surface area contributed by atoms with Crippen LogP contribution in [0.5, 0.6) is 0 Å². The quantitative estimate of drug-likeness (QED) is 0.654. The smallest absolute Gasteiger partial charge is 0.151 e. The van der Waals surface area contributed by atoms with Crippen molar-refractivity contribution in [2.45, 2.75) is 31.4 Å². The second-order valence-electron chi connectivity index (χ2n) is 4.45. The third-order valence-electron chi connectivity index (χ3n) is 3.33. The van der Waals surface area contributed by atoms with E-state index < -0.39 is 9.84 Å². The Morgan fingerprint density at radius 2 is 2.13 bits per heavy atom. The van der Waals surface area contributed by atoms with Crippen molar-refractivity contribution < 1.29 is 13.3 Å². The molecule has 88 valence electrons. The Morgan fingerprint density at radius 1 is 1.33 bits per heavy atom. The van der Waals surface area contributed by atoms with Gasteiger partial charge in [0, 0.05) is 12.6 Å². The van der Waals surface area contributed by atoms with Gasteiger partial charge in [0.15, 0.2) is 9.84 Å². The molecule has 2 heterocycles. The second-order valence-corrected chi connectivity index (χ2v) is 6.68. The van der Waals surface area contributed by atoms with E-state index in [1.54, 1.807) is 0 Å². The van der Waals surface area contributed by atoms with Gasteiger partial charge in [-0.1, -0.05) is 0 Å². The molecule has 2 N–H and O–H groups in total. The van der Waals surface area contributed by atoms with E-state index in [-0.39, 0.29) is 12.1 Å². The highest BCUT2D eigenvalue weighted by atomic mass is 32.2. The van der Waals surface area contributed by atoms with Gasteiger partial charge < -0.3 is 0 Å². The molecule has 0 aromatic rings. The first kappa shape index (κ1) is 11.3. The molecule has 0 amide bonds. The average Bonchev–Trinajstić information content (AvgIpc) is 2.59. The van der Waals surface area contributed by atoms with Crippen molar-refractivity contribution in [2.75, 3.05) is 24.6 Å². The van der Waals surface area contributed by atoms with Gasteiger partial charge in [-0.3, -0.25) is 9.74 Å². The van der Waals surface area contributed by atoms with Crippen molar-refractivity contribution in [3.8, 4) is 0 Å². The Labute approximate surface area is 90.4 Å². The summed E-state index contributed by atoms with van der Waals surface area (Å²) in [6.45, 7) is 1.75. The zero-order valence-electron chi connectivity index (χ0n) is 8.76. The van der Waals surface area contributed by atoms with Crippen LogP contribution in [0.15, 0.2) is 0 Å². The van der Waals surface area contributed by atoms with Crippen LogP contribution in [0, 0.1) is 0 Å². The maximum Gasteiger partial charge on any atom is 0.151 e. The molecule has 2 rings (SSSR count). The van der Waals surface area contributed by atoms with E-state index >= 15 is 0 Å². The van der Waals surface area contributed by atoms with Gasteiger partial charge in [-0.05, 0) is 25.8 Å². The van der Waals surface area contributed by atoms with Gasteiger partial charge in [0.25, 0.3) is 0 Å². The van der Waals surface area contributed by atoms with Gasteiger partial charge in [0.2, 0.25) is 0 Å². The second kappa shape index (κ2) is 4.37. The summed E-state index contributed by atoms with van der Waals surface area (Å²) in [6, 6.07) is 0.188. The van der Waals surface area contributed by atoms with E-state index in [0.29, 0.717) is 11.5 Å². The summed E-state index contributed by atoms with van der Waals surface area (Å²) >= 11 is 0. The van der Waals surface area contributed by atoms with E-state index in [2.05, 4.69) is 4.90 Å². The molecule has 2 saturated heterocycles. The first-order valence-corrected chi connectivity index (χ1v) is 7.23. The van der Waals surface area contributed by atoms with Crippen LogP contribution in [-0.2, 0) is 14.7 Å². The van der Waals surface area contributed by atoms with Crippen molar-refractivity contribution in [3.05, 3.63) is 0 Å². The third-order valence-corrected chi connectivity index (χ3v) is 5.08. The van der Waals surface area contributed by atoms with E-state index in [4.69, 9.17) is 10.7 Å². The minimum Gasteiger partial charge on any atom is -0.300 e. The fourth-order valence-corrected chi connectivity index (χ4v) is 4.23. The normalized spacial score (nSPS) is 36.9. The lowest BCUT2D eigenvalue weighted by Gasteiger charge is -2.35. The maximum atomic E-state index is 11.4. The molecule has 0 aliphatic carbocycles. The van der Waals surface area contributed by atoms with Gasteiger partial charge in [0.1, 0.15) is 0 Å². The molecule has 0 aromatic carbocycles. The Kier molecular flexibility index (Phi) is 3.30. The van der Waals surface area contributed by atoms with Gasteiger partial charge in [-0.15, -0.1) is 0 Å². The van der Waals surface area contributed by atoms with Crippen LogP contribution >= 0.6 is 0 Å². The monoisotopic (exact) mass is 234 g/mol. The number of rotatable bonds is 2. The van der Waals surface area contributed by atoms with Crippen LogP contribution < -0.4 is 5.90 Å². The molecule has 2 unspecified atom stereocenters. The fourth-order valence-electron chi connectivity index (χ4n) is 2.47. The highest BCUT2D eigenvalue weighted by molar-refractivity contribution is 7.91. The van der Waals surface area contributed by atoms with Crippen LogP contribution in [0.2, 0.25) is 0 Å². The van der Waals surface area contributed by atoms with Gasteiger partial charge in [-0.25, -0.2) is 14.3 Å². The topological polar surface area (TPSA) is 72.6 Å². The minimum absolute atomic E-state index is 0.0713. The number of hydrogen-bond acceptors (Lipinski definition) is 5. The van der Waals surface area contributed by atoms with E-state index in [1.165, 1.54) is 0 Å². The van der Waals surface area contributed by atoms with E-state index in [0.717, 1.165) is 32.4 Å². The van der Waals surface area contributed by atoms with Crippen LogP contribution in [0.1, 0.15) is 19.3 Å². The molecule has 0 aromatic heterocycles. The van der Waals surface area contributed by atoms with E-state index in [9.17, 15) is 8.42 Å². The molecule has 15 heavy (non-hydrogen) atoms. The molecule has 2 aliphatic heterocycles. The number of sulfone groups is 1. The van der Waals surface area contributed by atoms with Crippen LogP contribution in [-0.4, -0.2) is 50.1 Å². The SMILES string of the molecule is NOC1CCCN(C2CCS(=O)(=O)C2)C1. The standard InChI is InChI=1S/C9H18N2O3S/c10-14-9-2-1-4-11(6-9)8-3-5-15(12,13)7-8/h8-9H,1-7,10H2. The van der Waals surface area contributed by atoms with Gasteiger partial charge in [-0.2, -0.15) is 0 Å². The number of nitrogens with zero attached hydrogens (tertiary/aromatic N) is 1. The number of hydrogen-bond donors (Lipinski definition) is 1. The van der Waals surface area contributed by atoms with Crippen LogP contribution in [0.25, 0.3) is 0 Å². The number of piperidine rings is 1. The zero-order chi connectivity index (χ0) is 10.9. The fraction of sp³-hybridized carbons (Fsp3) is 1.00. The molecule has 6 heteroatoms. The molecule has 0 saturated carbocycles. The predicted molar refractivity (Wildman–Crippen MR) is 56.9 cm³/mol. The highest BCUT2D eigenvalue weighted by Gasteiger charge is 2.34. The molecule has 2 atom stereocenters. The van der Waals surface area contributed by atoms with Crippen molar-refractivity contribution in [3.63, 3.8) is 0 Å². The maximum absolute atomic E-state index is 11.4. The predicted octanol–water partition coefficient (Wildman–Crippen LogP) is -0.472. The summed E-state index contributed by atoms with van der Waals surface area (Å²) in [5, 5.41) is 0. The number of nitrogens with two attached hydrogens (primary N) is 1. The minimum atomic E-state index is -2.78. The van der Waals surface area contributed by atoms with Crippen LogP contribution in [0.3, 0.4) is 0 Å². The summed E-state index contributed by atoms with van der Waals surface area (Å²) < 4.78 is 22.7. The zero-order valence-corrected chi connectivity index (χ0v) is 9.58. The van der Waals surface area contributed by atoms with Gasteiger partial charge in [0.05, 0.1) is 17.6 Å². The van der Waals surface area contributed by atoms with Crippen molar-refractivity contribution in [2.24, 2.45) is 5.90 Å². The molecule has 2 aliphatic rings. The highest BCUT2D eigenvalue weighted by Crippen LogP contribution is 2.22. The molecular formula is C9H18N2O3S. The molecular weight excluding hydrogens is 216 g/mol. The lowest BCUT2D eigenvalue weighted by Crippen LogP contribution is -2.46. The Morgan fingerprint density at radius 3 is 2.73 bits per heavy atom. The molecule has 0 bridgehead atoms. The van der Waals surface area contributed by atoms with Crippen LogP contribution in [0.4, 0.5) is 0 Å². The molecule has 2 fully saturated rings. The Hall–Kier alpha value is -0.170. The summed E-state index contributed by atoms with van der Waals surface area (Å²) in [6.07, 6.45) is 2.85. The molecule has 5 nitrogen and oxygen atoms in total. The molecule has 0 radical (unpaired) electrons. The summed E-state index contributed by atoms with van der Waals surface area (Å²) in [5.74, 6) is 5.82. The van der Waals surface area contributed by atoms with Crippen molar-refractivity contribution in [1.82, 2.24) is 4.90 Å². The van der Waals surface area contributed by atoms with Gasteiger partial charge >= 0.3 is 0 Å². The number of likely N-dealkylation sites (tertiary alicyclic amines) is 1.